The Kier molecular flexibility index (Phi) is 3.89. The lowest BCUT2D eigenvalue weighted by atomic mass is 10.1. The maximum Gasteiger partial charge on any atom is 0.244 e. The van der Waals surface area contributed by atoms with Crippen molar-refractivity contribution in [3.8, 4) is 5.75 Å². The molecule has 1 aromatic carbocycles. The summed E-state index contributed by atoms with van der Waals surface area (Å²) in [6, 6.07) is 5.94. The van der Waals surface area contributed by atoms with E-state index in [0.717, 1.165) is 25.9 Å². The molecule has 0 aliphatic carbocycles. The summed E-state index contributed by atoms with van der Waals surface area (Å²) in [4.78, 5) is 2.12. The van der Waals surface area contributed by atoms with Gasteiger partial charge in [0.25, 0.3) is 0 Å². The Morgan fingerprint density at radius 1 is 1.28 bits per heavy atom. The van der Waals surface area contributed by atoms with Crippen LogP contribution in [0.25, 0.3) is 0 Å². The van der Waals surface area contributed by atoms with Gasteiger partial charge >= 0.3 is 0 Å². The van der Waals surface area contributed by atoms with E-state index >= 15 is 0 Å². The van der Waals surface area contributed by atoms with Gasteiger partial charge in [-0.2, -0.15) is 0 Å². The zero-order valence-corrected chi connectivity index (χ0v) is 11.2. The average Bonchev–Trinajstić information content (AvgIpc) is 2.32. The number of sulfonamides is 1. The van der Waals surface area contributed by atoms with E-state index in [1.807, 2.05) is 7.05 Å². The van der Waals surface area contributed by atoms with Gasteiger partial charge in [0.1, 0.15) is 10.6 Å². The molecular formula is C12H18N2O3S. The number of hydrogen-bond acceptors (Lipinski definition) is 4. The molecule has 0 amide bonds. The van der Waals surface area contributed by atoms with Gasteiger partial charge in [-0.25, -0.2) is 13.1 Å². The Labute approximate surface area is 107 Å². The fourth-order valence-corrected chi connectivity index (χ4v) is 3.50. The van der Waals surface area contributed by atoms with E-state index in [1.165, 1.54) is 12.1 Å². The van der Waals surface area contributed by atoms with Crippen molar-refractivity contribution in [1.82, 2.24) is 9.62 Å². The van der Waals surface area contributed by atoms with Crippen molar-refractivity contribution in [1.29, 1.82) is 0 Å². The van der Waals surface area contributed by atoms with E-state index in [0.29, 0.717) is 0 Å². The van der Waals surface area contributed by atoms with Crippen LogP contribution in [0.15, 0.2) is 29.2 Å². The number of nitrogens with zero attached hydrogens (tertiary/aromatic N) is 1. The molecule has 2 N–H and O–H groups in total. The van der Waals surface area contributed by atoms with Crippen molar-refractivity contribution in [3.63, 3.8) is 0 Å². The van der Waals surface area contributed by atoms with Crippen LogP contribution in [-0.2, 0) is 10.0 Å². The maximum absolute atomic E-state index is 12.1. The van der Waals surface area contributed by atoms with Crippen LogP contribution in [-0.4, -0.2) is 44.6 Å². The molecule has 6 heteroatoms. The largest absolute Gasteiger partial charge is 0.507 e. The van der Waals surface area contributed by atoms with Gasteiger partial charge in [0.2, 0.25) is 10.0 Å². The number of aromatic hydroxyl groups is 1. The molecule has 2 rings (SSSR count). The number of hydrogen-bond donors (Lipinski definition) is 2. The average molecular weight is 270 g/mol. The second-order valence-electron chi connectivity index (χ2n) is 4.67. The highest BCUT2D eigenvalue weighted by atomic mass is 32.2. The topological polar surface area (TPSA) is 69.6 Å². The van der Waals surface area contributed by atoms with Crippen LogP contribution >= 0.6 is 0 Å². The minimum Gasteiger partial charge on any atom is -0.507 e. The zero-order valence-electron chi connectivity index (χ0n) is 10.3. The monoisotopic (exact) mass is 270 g/mol. The van der Waals surface area contributed by atoms with E-state index < -0.39 is 10.0 Å². The van der Waals surface area contributed by atoms with Crippen molar-refractivity contribution in [3.05, 3.63) is 24.3 Å². The number of rotatable bonds is 3. The predicted molar refractivity (Wildman–Crippen MR) is 68.9 cm³/mol. The standard InChI is InChI=1S/C12H18N2O3S/c1-14-8-6-10(7-9-14)13-18(16,17)12-5-3-2-4-11(12)15/h2-5,10,13,15H,6-9H2,1H3. The van der Waals surface area contributed by atoms with E-state index in [1.54, 1.807) is 12.1 Å². The Morgan fingerprint density at radius 3 is 2.50 bits per heavy atom. The Balaban J connectivity index is 2.11. The Morgan fingerprint density at radius 2 is 1.89 bits per heavy atom. The molecule has 1 aromatic rings. The van der Waals surface area contributed by atoms with Crippen LogP contribution in [0.3, 0.4) is 0 Å². The Bertz CT molecular complexity index is 508. The summed E-state index contributed by atoms with van der Waals surface area (Å²) in [6.07, 6.45) is 1.59. The summed E-state index contributed by atoms with van der Waals surface area (Å²) in [5.74, 6) is -0.210. The third-order valence-corrected chi connectivity index (χ3v) is 4.76. The van der Waals surface area contributed by atoms with Gasteiger partial charge in [0.15, 0.2) is 0 Å². The lowest BCUT2D eigenvalue weighted by Crippen LogP contribution is -2.43. The third-order valence-electron chi connectivity index (χ3n) is 3.20. The SMILES string of the molecule is CN1CCC(NS(=O)(=O)c2ccccc2O)CC1. The number of nitrogens with one attached hydrogen (secondary N) is 1. The first-order valence-electron chi connectivity index (χ1n) is 5.98. The van der Waals surface area contributed by atoms with Gasteiger partial charge in [0, 0.05) is 6.04 Å². The number of phenolic OH excluding ortho intramolecular Hbond substituents is 1. The first kappa shape index (κ1) is 13.3. The lowest BCUT2D eigenvalue weighted by molar-refractivity contribution is 0.248. The first-order valence-corrected chi connectivity index (χ1v) is 7.46. The summed E-state index contributed by atoms with van der Waals surface area (Å²) in [6.45, 7) is 1.77. The number of likely N-dealkylation sites (tertiary alicyclic amines) is 1. The van der Waals surface area contributed by atoms with Crippen molar-refractivity contribution in [2.45, 2.75) is 23.8 Å². The molecule has 1 aliphatic heterocycles. The Hall–Kier alpha value is -1.11. The van der Waals surface area contributed by atoms with Gasteiger partial charge < -0.3 is 10.0 Å². The minimum absolute atomic E-state index is 0.0502. The predicted octanol–water partition coefficient (Wildman–Crippen LogP) is 0.765. The summed E-state index contributed by atoms with van der Waals surface area (Å²) in [7, 11) is -1.61. The van der Waals surface area contributed by atoms with Crippen molar-refractivity contribution in [2.24, 2.45) is 0 Å². The lowest BCUT2D eigenvalue weighted by Gasteiger charge is -2.29. The molecule has 100 valence electrons. The molecule has 0 bridgehead atoms. The normalized spacial score (nSPS) is 18.9. The van der Waals surface area contributed by atoms with E-state index in [9.17, 15) is 13.5 Å². The molecule has 0 spiro atoms. The highest BCUT2D eigenvalue weighted by Crippen LogP contribution is 2.22. The quantitative estimate of drug-likeness (QED) is 0.851. The van der Waals surface area contributed by atoms with E-state index in [2.05, 4.69) is 9.62 Å². The number of benzene rings is 1. The second kappa shape index (κ2) is 5.26. The fraction of sp³-hybridized carbons (Fsp3) is 0.500. The molecule has 1 heterocycles. The van der Waals surface area contributed by atoms with Crippen LogP contribution in [0.1, 0.15) is 12.8 Å². The summed E-state index contributed by atoms with van der Waals surface area (Å²) in [5, 5.41) is 9.59. The van der Waals surface area contributed by atoms with Crippen LogP contribution in [0.4, 0.5) is 0 Å². The highest BCUT2D eigenvalue weighted by Gasteiger charge is 2.24. The van der Waals surface area contributed by atoms with Gasteiger partial charge in [-0.05, 0) is 45.1 Å². The molecule has 18 heavy (non-hydrogen) atoms. The highest BCUT2D eigenvalue weighted by molar-refractivity contribution is 7.89. The number of piperidine rings is 1. The molecule has 1 fully saturated rings. The van der Waals surface area contributed by atoms with Gasteiger partial charge in [-0.15, -0.1) is 0 Å². The number of phenols is 1. The third kappa shape index (κ3) is 3.01. The second-order valence-corrected chi connectivity index (χ2v) is 6.35. The molecule has 1 aliphatic rings. The molecule has 0 radical (unpaired) electrons. The maximum atomic E-state index is 12.1. The number of para-hydroxylation sites is 1. The summed E-state index contributed by atoms with van der Waals surface area (Å²) in [5.41, 5.74) is 0. The summed E-state index contributed by atoms with van der Waals surface area (Å²) >= 11 is 0. The molecule has 0 unspecified atom stereocenters. The van der Waals surface area contributed by atoms with Crippen molar-refractivity contribution in [2.75, 3.05) is 20.1 Å². The first-order chi connectivity index (χ1) is 8.49. The smallest absolute Gasteiger partial charge is 0.244 e. The van der Waals surface area contributed by atoms with E-state index in [-0.39, 0.29) is 16.7 Å². The van der Waals surface area contributed by atoms with Crippen LogP contribution in [0.2, 0.25) is 0 Å². The fourth-order valence-electron chi connectivity index (χ4n) is 2.09. The molecule has 0 saturated carbocycles. The van der Waals surface area contributed by atoms with Gasteiger partial charge in [-0.1, -0.05) is 12.1 Å². The molecule has 0 aromatic heterocycles. The molecule has 1 saturated heterocycles. The van der Waals surface area contributed by atoms with Crippen molar-refractivity contribution < 1.29 is 13.5 Å². The van der Waals surface area contributed by atoms with Gasteiger partial charge in [0.05, 0.1) is 0 Å². The summed E-state index contributed by atoms with van der Waals surface area (Å²) < 4.78 is 26.9. The van der Waals surface area contributed by atoms with E-state index in [4.69, 9.17) is 0 Å². The van der Waals surface area contributed by atoms with Crippen LogP contribution in [0, 0.1) is 0 Å². The molecule has 5 nitrogen and oxygen atoms in total. The molecular weight excluding hydrogens is 252 g/mol. The van der Waals surface area contributed by atoms with Crippen LogP contribution < -0.4 is 4.72 Å². The van der Waals surface area contributed by atoms with Gasteiger partial charge in [-0.3, -0.25) is 0 Å². The van der Waals surface area contributed by atoms with Crippen LogP contribution in [0.5, 0.6) is 5.75 Å². The molecule has 0 atom stereocenters. The van der Waals surface area contributed by atoms with Crippen molar-refractivity contribution >= 4 is 10.0 Å². The minimum atomic E-state index is -3.63. The zero-order chi connectivity index (χ0) is 13.2.